The van der Waals surface area contributed by atoms with Crippen LogP contribution in [0.3, 0.4) is 0 Å². The minimum atomic E-state index is -1.16. The summed E-state index contributed by atoms with van der Waals surface area (Å²) in [5.74, 6) is -1.82. The Hall–Kier alpha value is -1.62. The summed E-state index contributed by atoms with van der Waals surface area (Å²) in [5, 5.41) is 8.66. The first-order valence-electron chi connectivity index (χ1n) is 3.96. The van der Waals surface area contributed by atoms with Crippen LogP contribution in [0.2, 0.25) is 0 Å². The Kier molecular flexibility index (Phi) is 3.62. The first-order chi connectivity index (χ1) is 7.04. The van der Waals surface area contributed by atoms with Crippen LogP contribution in [0, 0.1) is 5.82 Å². The van der Waals surface area contributed by atoms with Crippen molar-refractivity contribution in [2.75, 3.05) is 5.88 Å². The lowest BCUT2D eigenvalue weighted by Crippen LogP contribution is -2.12. The summed E-state index contributed by atoms with van der Waals surface area (Å²) in [6, 6.07) is 3.26. The van der Waals surface area contributed by atoms with E-state index in [1.165, 1.54) is 0 Å². The van der Waals surface area contributed by atoms with Gasteiger partial charge in [0.25, 0.3) is 0 Å². The van der Waals surface area contributed by atoms with Gasteiger partial charge in [-0.15, -0.1) is 11.6 Å². The van der Waals surface area contributed by atoms with Crippen molar-refractivity contribution in [3.05, 3.63) is 29.6 Å². The molecule has 0 unspecified atom stereocenters. The van der Waals surface area contributed by atoms with Crippen LogP contribution in [0.15, 0.2) is 23.2 Å². The third-order valence-electron chi connectivity index (χ3n) is 1.59. The van der Waals surface area contributed by atoms with Gasteiger partial charge in [0, 0.05) is 0 Å². The normalized spacial score (nSPS) is 11.5. The number of hydrogen-bond donors (Lipinski definition) is 2. The van der Waals surface area contributed by atoms with E-state index in [0.717, 1.165) is 18.2 Å². The maximum Gasteiger partial charge on any atom is 0.335 e. The van der Waals surface area contributed by atoms with E-state index in [1.54, 1.807) is 0 Å². The number of hydrogen-bond acceptors (Lipinski definition) is 2. The Morgan fingerprint density at radius 3 is 2.80 bits per heavy atom. The molecule has 6 heteroatoms. The van der Waals surface area contributed by atoms with Crippen LogP contribution in [0.25, 0.3) is 0 Å². The summed E-state index contributed by atoms with van der Waals surface area (Å²) in [4.78, 5) is 14.2. The molecule has 0 aliphatic heterocycles. The third-order valence-corrected chi connectivity index (χ3v) is 1.87. The van der Waals surface area contributed by atoms with Gasteiger partial charge in [0.2, 0.25) is 0 Å². The zero-order valence-corrected chi connectivity index (χ0v) is 8.33. The van der Waals surface area contributed by atoms with E-state index in [0.29, 0.717) is 0 Å². The number of alkyl halides is 1. The van der Waals surface area contributed by atoms with Gasteiger partial charge in [0.15, 0.2) is 0 Å². The average Bonchev–Trinajstić information content (AvgIpc) is 2.20. The summed E-state index contributed by atoms with van der Waals surface area (Å²) in [6.45, 7) is 0. The Labute approximate surface area is 90.2 Å². The minimum absolute atomic E-state index is 0.0260. The van der Waals surface area contributed by atoms with Crippen molar-refractivity contribution >= 4 is 29.1 Å². The number of aliphatic imine (C=N–C) groups is 1. The van der Waals surface area contributed by atoms with E-state index < -0.39 is 11.8 Å². The van der Waals surface area contributed by atoms with Crippen molar-refractivity contribution in [3.63, 3.8) is 0 Å². The molecule has 0 radical (unpaired) electrons. The van der Waals surface area contributed by atoms with Crippen LogP contribution in [0.4, 0.5) is 10.1 Å². The maximum absolute atomic E-state index is 13.1. The van der Waals surface area contributed by atoms with Crippen molar-refractivity contribution in [2.24, 2.45) is 10.7 Å². The number of carbonyl (C=O) groups is 1. The van der Waals surface area contributed by atoms with E-state index in [2.05, 4.69) is 4.99 Å². The van der Waals surface area contributed by atoms with Crippen molar-refractivity contribution in [1.82, 2.24) is 0 Å². The zero-order chi connectivity index (χ0) is 11.4. The summed E-state index contributed by atoms with van der Waals surface area (Å²) >= 11 is 5.36. The topological polar surface area (TPSA) is 75.7 Å². The molecule has 0 aliphatic rings. The first kappa shape index (κ1) is 11.5. The zero-order valence-electron chi connectivity index (χ0n) is 7.58. The molecule has 0 atom stereocenters. The van der Waals surface area contributed by atoms with Gasteiger partial charge in [-0.3, -0.25) is 0 Å². The predicted molar refractivity (Wildman–Crippen MR) is 55.4 cm³/mol. The number of carboxylic acid groups (broad SMARTS) is 1. The van der Waals surface area contributed by atoms with E-state index in [1.807, 2.05) is 0 Å². The van der Waals surface area contributed by atoms with Crippen LogP contribution in [-0.2, 0) is 0 Å². The van der Waals surface area contributed by atoms with E-state index in [4.69, 9.17) is 22.4 Å². The molecule has 80 valence electrons. The van der Waals surface area contributed by atoms with Crippen LogP contribution in [0.1, 0.15) is 10.4 Å². The number of aromatic carboxylic acids is 1. The predicted octanol–water partition coefficient (Wildman–Crippen LogP) is 1.75. The molecule has 4 nitrogen and oxygen atoms in total. The number of rotatable bonds is 3. The summed E-state index contributed by atoms with van der Waals surface area (Å²) < 4.78 is 13.1. The number of carboxylic acids is 1. The molecule has 0 saturated heterocycles. The van der Waals surface area contributed by atoms with Crippen LogP contribution in [0.5, 0.6) is 0 Å². The molecular weight excluding hydrogens is 223 g/mol. The second-order valence-electron chi connectivity index (χ2n) is 2.71. The van der Waals surface area contributed by atoms with Gasteiger partial charge in [0.05, 0.1) is 11.4 Å². The highest BCUT2D eigenvalue weighted by Crippen LogP contribution is 2.19. The Bertz CT molecular complexity index is 421. The first-order valence-corrected chi connectivity index (χ1v) is 4.50. The largest absolute Gasteiger partial charge is 0.478 e. The van der Waals surface area contributed by atoms with Gasteiger partial charge in [-0.1, -0.05) is 0 Å². The van der Waals surface area contributed by atoms with Crippen LogP contribution >= 0.6 is 11.6 Å². The quantitative estimate of drug-likeness (QED) is 0.472. The minimum Gasteiger partial charge on any atom is -0.478 e. The van der Waals surface area contributed by atoms with Crippen LogP contribution in [-0.4, -0.2) is 22.8 Å². The van der Waals surface area contributed by atoms with Gasteiger partial charge in [-0.2, -0.15) is 0 Å². The molecule has 15 heavy (non-hydrogen) atoms. The van der Waals surface area contributed by atoms with Crippen LogP contribution < -0.4 is 5.73 Å². The highest BCUT2D eigenvalue weighted by atomic mass is 35.5. The Morgan fingerprint density at radius 1 is 1.60 bits per heavy atom. The molecule has 0 amide bonds. The second kappa shape index (κ2) is 4.75. The summed E-state index contributed by atoms with van der Waals surface area (Å²) in [6.07, 6.45) is 0. The van der Waals surface area contributed by atoms with Crippen molar-refractivity contribution in [1.29, 1.82) is 0 Å². The smallest absolute Gasteiger partial charge is 0.335 e. The average molecular weight is 231 g/mol. The molecule has 1 aromatic rings. The summed E-state index contributed by atoms with van der Waals surface area (Å²) in [5.41, 5.74) is 5.11. The summed E-state index contributed by atoms with van der Waals surface area (Å²) in [7, 11) is 0. The molecule has 0 aliphatic carbocycles. The molecule has 1 rings (SSSR count). The molecule has 0 spiro atoms. The fraction of sp³-hybridized carbons (Fsp3) is 0.111. The van der Waals surface area contributed by atoms with Gasteiger partial charge in [-0.25, -0.2) is 14.2 Å². The fourth-order valence-corrected chi connectivity index (χ4v) is 0.976. The third kappa shape index (κ3) is 2.92. The molecular formula is C9H8ClFN2O2. The van der Waals surface area contributed by atoms with E-state index in [9.17, 15) is 9.18 Å². The Morgan fingerprint density at radius 2 is 2.27 bits per heavy atom. The number of halogens is 2. The molecule has 0 fully saturated rings. The number of amidine groups is 1. The van der Waals surface area contributed by atoms with Crippen molar-refractivity contribution < 1.29 is 14.3 Å². The number of nitrogens with two attached hydrogens (primary N) is 1. The molecule has 3 N–H and O–H groups in total. The highest BCUT2D eigenvalue weighted by molar-refractivity contribution is 6.28. The van der Waals surface area contributed by atoms with Gasteiger partial charge >= 0.3 is 5.97 Å². The molecule has 0 aromatic heterocycles. The lowest BCUT2D eigenvalue weighted by atomic mass is 10.2. The second-order valence-corrected chi connectivity index (χ2v) is 2.98. The van der Waals surface area contributed by atoms with Gasteiger partial charge in [-0.05, 0) is 18.2 Å². The molecule has 0 bridgehead atoms. The SMILES string of the molecule is NC(CCl)=Nc1cc(C(=O)O)ccc1F. The van der Waals surface area contributed by atoms with Gasteiger partial charge < -0.3 is 10.8 Å². The number of benzene rings is 1. The van der Waals surface area contributed by atoms with E-state index >= 15 is 0 Å². The van der Waals surface area contributed by atoms with E-state index in [-0.39, 0.29) is 23.0 Å². The van der Waals surface area contributed by atoms with Crippen molar-refractivity contribution in [2.45, 2.75) is 0 Å². The monoisotopic (exact) mass is 230 g/mol. The molecule has 1 aromatic carbocycles. The lowest BCUT2D eigenvalue weighted by Gasteiger charge is -2.00. The fourth-order valence-electron chi connectivity index (χ4n) is 0.916. The van der Waals surface area contributed by atoms with Crippen molar-refractivity contribution in [3.8, 4) is 0 Å². The maximum atomic E-state index is 13.1. The number of nitrogens with zero attached hydrogens (tertiary/aromatic N) is 1. The highest BCUT2D eigenvalue weighted by Gasteiger charge is 2.07. The Balaban J connectivity index is 3.17. The lowest BCUT2D eigenvalue weighted by molar-refractivity contribution is 0.0697. The standard InChI is InChI=1S/C9H8ClFN2O2/c10-4-8(12)13-7-3-5(9(14)15)1-2-6(7)11/h1-3H,4H2,(H2,12,13)(H,14,15). The van der Waals surface area contributed by atoms with Gasteiger partial charge in [0.1, 0.15) is 17.3 Å². The molecule has 0 heterocycles. The molecule has 0 saturated carbocycles.